The molecular formula is C23H38Zr+2. The average Bonchev–Trinajstić information content (AvgIpc) is 3.25. The van der Waals surface area contributed by atoms with E-state index in [4.69, 9.17) is 0 Å². The van der Waals surface area contributed by atoms with Crippen LogP contribution in [0.5, 0.6) is 0 Å². The fourth-order valence-corrected chi connectivity index (χ4v) is 4.37. The molecule has 0 aliphatic heterocycles. The van der Waals surface area contributed by atoms with Crippen molar-refractivity contribution in [2.24, 2.45) is 29.6 Å². The number of fused-ring (bicyclic) bond motifs is 1. The molecule has 0 bridgehead atoms. The molecule has 0 heterocycles. The Morgan fingerprint density at radius 2 is 1.58 bits per heavy atom. The third-order valence-corrected chi connectivity index (χ3v) is 6.31. The molecule has 4 unspecified atom stereocenters. The number of hydrogen-bond acceptors (Lipinski definition) is 0. The summed E-state index contributed by atoms with van der Waals surface area (Å²) in [5, 5.41) is 0. The summed E-state index contributed by atoms with van der Waals surface area (Å²) in [6, 6.07) is 0. The normalized spacial score (nSPS) is 27.8. The van der Waals surface area contributed by atoms with Crippen molar-refractivity contribution in [1.82, 2.24) is 0 Å². The van der Waals surface area contributed by atoms with E-state index in [9.17, 15) is 0 Å². The molecule has 2 fully saturated rings. The summed E-state index contributed by atoms with van der Waals surface area (Å²) in [5.41, 5.74) is 0. The zero-order valence-electron chi connectivity index (χ0n) is 16.1. The van der Waals surface area contributed by atoms with Crippen LogP contribution in [0.15, 0.2) is 24.3 Å². The van der Waals surface area contributed by atoms with E-state index >= 15 is 0 Å². The Morgan fingerprint density at radius 3 is 2.12 bits per heavy atom. The summed E-state index contributed by atoms with van der Waals surface area (Å²) < 4.78 is 0. The van der Waals surface area contributed by atoms with Crippen molar-refractivity contribution >= 4 is 0 Å². The summed E-state index contributed by atoms with van der Waals surface area (Å²) in [6.07, 6.45) is 25.8. The molecule has 0 aromatic carbocycles. The van der Waals surface area contributed by atoms with Crippen LogP contribution >= 0.6 is 0 Å². The van der Waals surface area contributed by atoms with Gasteiger partial charge in [0.1, 0.15) is 0 Å². The zero-order valence-corrected chi connectivity index (χ0v) is 18.5. The van der Waals surface area contributed by atoms with Gasteiger partial charge in [0.25, 0.3) is 0 Å². The number of allylic oxidation sites excluding steroid dienone is 4. The fourth-order valence-electron chi connectivity index (χ4n) is 4.37. The first-order chi connectivity index (χ1) is 11.2. The quantitative estimate of drug-likeness (QED) is 0.410. The van der Waals surface area contributed by atoms with Gasteiger partial charge in [0.2, 0.25) is 0 Å². The van der Waals surface area contributed by atoms with Gasteiger partial charge in [-0.25, -0.2) is 0 Å². The molecule has 0 spiro atoms. The van der Waals surface area contributed by atoms with Crippen LogP contribution in [-0.4, -0.2) is 0 Å². The van der Waals surface area contributed by atoms with E-state index in [0.29, 0.717) is 11.8 Å². The molecule has 24 heavy (non-hydrogen) atoms. The van der Waals surface area contributed by atoms with Gasteiger partial charge in [0, 0.05) is 0 Å². The zero-order chi connectivity index (χ0) is 16.5. The van der Waals surface area contributed by atoms with E-state index in [1.165, 1.54) is 64.2 Å². The monoisotopic (exact) mass is 404 g/mol. The molecule has 0 aromatic heterocycles. The SMILES string of the molecule is C1=CC2CCCC2C=C1.[CH2-]C(CC)C(C)[CH-]CCC1CCCC1.[Zr+4]. The van der Waals surface area contributed by atoms with Crippen molar-refractivity contribution < 1.29 is 26.2 Å². The van der Waals surface area contributed by atoms with Crippen molar-refractivity contribution in [3.8, 4) is 0 Å². The Bertz CT molecular complexity index is 346. The van der Waals surface area contributed by atoms with Crippen LogP contribution in [0.4, 0.5) is 0 Å². The first-order valence-electron chi connectivity index (χ1n) is 10.2. The summed E-state index contributed by atoms with van der Waals surface area (Å²) in [6.45, 7) is 8.73. The molecule has 4 atom stereocenters. The van der Waals surface area contributed by atoms with E-state index < -0.39 is 0 Å². The van der Waals surface area contributed by atoms with E-state index in [-0.39, 0.29) is 26.2 Å². The number of hydrogen-bond donors (Lipinski definition) is 0. The van der Waals surface area contributed by atoms with Gasteiger partial charge >= 0.3 is 26.2 Å². The standard InChI is InChI=1S/C14H26.C9H12.Zr/c1-4-12(2)13(3)8-7-11-14-9-5-6-10-14;1-2-5-9-7-3-6-8(9)4-1;/h8,12-14H,2,4-7,9-11H2,1,3H3;1-2,4-5,8-9H,3,6-7H2;/q-2;;+4. The molecule has 0 amide bonds. The topological polar surface area (TPSA) is 0 Å². The molecule has 3 rings (SSSR count). The molecule has 0 saturated heterocycles. The third kappa shape index (κ3) is 7.72. The molecule has 0 nitrogen and oxygen atoms in total. The minimum absolute atomic E-state index is 0. The van der Waals surface area contributed by atoms with Crippen LogP contribution < -0.4 is 0 Å². The van der Waals surface area contributed by atoms with Gasteiger partial charge in [0.15, 0.2) is 0 Å². The third-order valence-electron chi connectivity index (χ3n) is 6.31. The van der Waals surface area contributed by atoms with E-state index in [1.54, 1.807) is 0 Å². The largest absolute Gasteiger partial charge is 4.00 e. The maximum Gasteiger partial charge on any atom is 4.00 e. The van der Waals surface area contributed by atoms with E-state index in [2.05, 4.69) is 51.5 Å². The van der Waals surface area contributed by atoms with Crippen molar-refractivity contribution in [2.75, 3.05) is 0 Å². The Morgan fingerprint density at radius 1 is 1.00 bits per heavy atom. The van der Waals surface area contributed by atoms with Gasteiger partial charge in [-0.1, -0.05) is 83.1 Å². The van der Waals surface area contributed by atoms with Crippen LogP contribution in [-0.2, 0) is 26.2 Å². The summed E-state index contributed by atoms with van der Waals surface area (Å²) in [7, 11) is 0. The summed E-state index contributed by atoms with van der Waals surface area (Å²) >= 11 is 0. The van der Waals surface area contributed by atoms with Gasteiger partial charge < -0.3 is 13.3 Å². The Labute approximate surface area is 171 Å². The van der Waals surface area contributed by atoms with Gasteiger partial charge in [-0.2, -0.15) is 18.3 Å². The van der Waals surface area contributed by atoms with E-state index in [1.807, 2.05) is 0 Å². The second-order valence-electron chi connectivity index (χ2n) is 8.02. The maximum atomic E-state index is 4.18. The Kier molecular flexibility index (Phi) is 11.8. The van der Waals surface area contributed by atoms with E-state index in [0.717, 1.165) is 17.8 Å². The van der Waals surface area contributed by atoms with Crippen molar-refractivity contribution in [3.63, 3.8) is 0 Å². The van der Waals surface area contributed by atoms with Crippen LogP contribution in [0.1, 0.15) is 78.1 Å². The smallest absolute Gasteiger partial charge is 0.342 e. The van der Waals surface area contributed by atoms with Gasteiger partial charge in [-0.05, 0) is 30.6 Å². The fraction of sp³-hybridized carbons (Fsp3) is 0.739. The van der Waals surface area contributed by atoms with Gasteiger partial charge in [-0.3, -0.25) is 0 Å². The summed E-state index contributed by atoms with van der Waals surface area (Å²) in [5.74, 6) is 4.17. The van der Waals surface area contributed by atoms with Crippen molar-refractivity contribution in [2.45, 2.75) is 78.1 Å². The van der Waals surface area contributed by atoms with Crippen LogP contribution in [0.25, 0.3) is 0 Å². The number of rotatable bonds is 6. The molecule has 3 aliphatic rings. The maximum absolute atomic E-state index is 4.18. The van der Waals surface area contributed by atoms with Crippen molar-refractivity contribution in [1.29, 1.82) is 0 Å². The first kappa shape index (κ1) is 22.4. The summed E-state index contributed by atoms with van der Waals surface area (Å²) in [4.78, 5) is 0. The predicted molar refractivity (Wildman–Crippen MR) is 103 cm³/mol. The minimum Gasteiger partial charge on any atom is -0.342 e. The Hall–Kier alpha value is 0.363. The molecule has 0 radical (unpaired) electrons. The minimum atomic E-state index is 0. The molecule has 3 aliphatic carbocycles. The van der Waals surface area contributed by atoms with Crippen LogP contribution in [0, 0.1) is 42.9 Å². The molecule has 1 heteroatoms. The molecule has 0 aromatic rings. The molecule has 132 valence electrons. The van der Waals surface area contributed by atoms with Gasteiger partial charge in [0.05, 0.1) is 0 Å². The van der Waals surface area contributed by atoms with Crippen molar-refractivity contribution in [3.05, 3.63) is 37.6 Å². The molecule has 0 N–H and O–H groups in total. The second-order valence-corrected chi connectivity index (χ2v) is 8.02. The van der Waals surface area contributed by atoms with Crippen LogP contribution in [0.2, 0.25) is 0 Å². The van der Waals surface area contributed by atoms with Gasteiger partial charge in [-0.15, -0.1) is 0 Å². The first-order valence-corrected chi connectivity index (χ1v) is 10.2. The second kappa shape index (κ2) is 12.7. The van der Waals surface area contributed by atoms with Crippen LogP contribution in [0.3, 0.4) is 0 Å². The molecular weight excluding hydrogens is 367 g/mol. The average molecular weight is 406 g/mol. The Balaban J connectivity index is 0.000000248. The molecule has 2 saturated carbocycles. The predicted octanol–water partition coefficient (Wildman–Crippen LogP) is 7.18.